The number of benzene rings is 1. The number of terminal acetylenes is 1. The summed E-state index contributed by atoms with van der Waals surface area (Å²) in [5.74, 6) is 3.46. The zero-order chi connectivity index (χ0) is 20.1. The number of nitrogens with zero attached hydrogens (tertiary/aromatic N) is 2. The Balaban J connectivity index is 1.79. The molecule has 1 aromatic heterocycles. The molecule has 0 bridgehead atoms. The Hall–Kier alpha value is -3.40. The maximum absolute atomic E-state index is 13.0. The van der Waals surface area contributed by atoms with Gasteiger partial charge in [-0.1, -0.05) is 5.92 Å². The molecule has 2 aromatic rings. The molecule has 0 saturated carbocycles. The molecule has 146 valence electrons. The van der Waals surface area contributed by atoms with Gasteiger partial charge < -0.3 is 23.7 Å². The molecule has 1 aromatic carbocycles. The van der Waals surface area contributed by atoms with Crippen LogP contribution < -0.4 is 14.4 Å². The van der Waals surface area contributed by atoms with Crippen molar-refractivity contribution in [3.05, 3.63) is 42.4 Å². The predicted octanol–water partition coefficient (Wildman–Crippen LogP) is 2.31. The summed E-state index contributed by atoms with van der Waals surface area (Å²) in [6.07, 6.45) is 7.08. The van der Waals surface area contributed by atoms with Gasteiger partial charge in [-0.05, 0) is 24.3 Å². The molecule has 0 N–H and O–H groups in total. The quantitative estimate of drug-likeness (QED) is 0.687. The van der Waals surface area contributed by atoms with Gasteiger partial charge in [0.15, 0.2) is 0 Å². The monoisotopic (exact) mass is 382 g/mol. The van der Waals surface area contributed by atoms with Crippen LogP contribution in [0.3, 0.4) is 0 Å². The first kappa shape index (κ1) is 19.4. The number of hydrogen-bond donors (Lipinski definition) is 0. The number of anilines is 1. The number of ether oxygens (including phenoxy) is 2. The van der Waals surface area contributed by atoms with E-state index in [9.17, 15) is 9.59 Å². The number of methoxy groups -OCH3 is 2. The van der Waals surface area contributed by atoms with Gasteiger partial charge in [0.2, 0.25) is 11.8 Å². The van der Waals surface area contributed by atoms with Crippen LogP contribution >= 0.6 is 0 Å². The Morgan fingerprint density at radius 3 is 2.82 bits per heavy atom. The normalized spacial score (nSPS) is 16.0. The molecule has 1 aliphatic heterocycles. The van der Waals surface area contributed by atoms with Gasteiger partial charge in [-0.15, -0.1) is 6.42 Å². The molecule has 28 heavy (non-hydrogen) atoms. The molecule has 1 aliphatic rings. The minimum atomic E-state index is -0.494. The van der Waals surface area contributed by atoms with Crippen LogP contribution in [-0.2, 0) is 16.1 Å². The summed E-state index contributed by atoms with van der Waals surface area (Å²) in [6.45, 7) is 0.663. The maximum Gasteiger partial charge on any atom is 0.229 e. The highest BCUT2D eigenvalue weighted by Gasteiger charge is 2.38. The zero-order valence-electron chi connectivity index (χ0n) is 15.9. The third-order valence-electron chi connectivity index (χ3n) is 4.67. The van der Waals surface area contributed by atoms with Crippen LogP contribution in [-0.4, -0.2) is 44.0 Å². The fraction of sp³-hybridized carbons (Fsp3) is 0.333. The fourth-order valence-electron chi connectivity index (χ4n) is 3.28. The van der Waals surface area contributed by atoms with E-state index < -0.39 is 5.92 Å². The van der Waals surface area contributed by atoms with Crippen LogP contribution in [0.25, 0.3) is 0 Å². The first-order valence-electron chi connectivity index (χ1n) is 8.84. The number of carbonyl (C=O) groups is 2. The third kappa shape index (κ3) is 3.96. The van der Waals surface area contributed by atoms with E-state index in [0.29, 0.717) is 22.9 Å². The molecule has 2 amide bonds. The molecule has 1 saturated heterocycles. The predicted molar refractivity (Wildman–Crippen MR) is 103 cm³/mol. The highest BCUT2D eigenvalue weighted by molar-refractivity contribution is 6.01. The summed E-state index contributed by atoms with van der Waals surface area (Å²) in [4.78, 5) is 28.8. The Kier molecular flexibility index (Phi) is 5.90. The second-order valence-corrected chi connectivity index (χ2v) is 6.42. The minimum Gasteiger partial charge on any atom is -0.497 e. The summed E-state index contributed by atoms with van der Waals surface area (Å²) in [5.41, 5.74) is 0.580. The van der Waals surface area contributed by atoms with Crippen molar-refractivity contribution in [2.75, 3.05) is 32.2 Å². The fourth-order valence-corrected chi connectivity index (χ4v) is 3.28. The molecule has 1 atom stereocenters. The van der Waals surface area contributed by atoms with E-state index in [-0.39, 0.29) is 37.9 Å². The van der Waals surface area contributed by atoms with Crippen molar-refractivity contribution >= 4 is 17.5 Å². The van der Waals surface area contributed by atoms with Gasteiger partial charge in [0.05, 0.1) is 45.2 Å². The molecule has 0 spiro atoms. The standard InChI is InChI=1S/C21H22N2O5/c1-4-9-22(14-17-6-5-10-28-17)21(25)15-11-20(24)23(13-15)18-12-16(26-2)7-8-19(18)27-3/h1,5-8,10,12,15H,9,11,13-14H2,2-3H3. The molecule has 7 heteroatoms. The third-order valence-corrected chi connectivity index (χ3v) is 4.67. The van der Waals surface area contributed by atoms with Gasteiger partial charge in [-0.3, -0.25) is 9.59 Å². The van der Waals surface area contributed by atoms with Crippen LogP contribution in [0.15, 0.2) is 41.0 Å². The molecular formula is C21H22N2O5. The lowest BCUT2D eigenvalue weighted by atomic mass is 10.1. The van der Waals surface area contributed by atoms with Crippen molar-refractivity contribution in [1.82, 2.24) is 4.90 Å². The van der Waals surface area contributed by atoms with Crippen LogP contribution in [0.1, 0.15) is 12.2 Å². The summed E-state index contributed by atoms with van der Waals surface area (Å²) in [6, 6.07) is 8.75. The summed E-state index contributed by atoms with van der Waals surface area (Å²) in [5, 5.41) is 0. The Morgan fingerprint density at radius 2 is 2.18 bits per heavy atom. The first-order valence-corrected chi connectivity index (χ1v) is 8.84. The average Bonchev–Trinajstić information content (AvgIpc) is 3.36. The lowest BCUT2D eigenvalue weighted by Gasteiger charge is -2.23. The second kappa shape index (κ2) is 8.53. The van der Waals surface area contributed by atoms with Gasteiger partial charge in [0.25, 0.3) is 0 Å². The van der Waals surface area contributed by atoms with E-state index in [0.717, 1.165) is 0 Å². The Bertz CT molecular complexity index is 885. The van der Waals surface area contributed by atoms with Crippen molar-refractivity contribution in [1.29, 1.82) is 0 Å². The average molecular weight is 382 g/mol. The Morgan fingerprint density at radius 1 is 1.36 bits per heavy atom. The molecule has 2 heterocycles. The van der Waals surface area contributed by atoms with Crippen molar-refractivity contribution in [3.63, 3.8) is 0 Å². The number of hydrogen-bond acceptors (Lipinski definition) is 5. The molecule has 1 unspecified atom stereocenters. The number of amides is 2. The van der Waals surface area contributed by atoms with Crippen LogP contribution in [0.2, 0.25) is 0 Å². The molecule has 0 radical (unpaired) electrons. The smallest absolute Gasteiger partial charge is 0.229 e. The van der Waals surface area contributed by atoms with Gasteiger partial charge in [0, 0.05) is 19.0 Å². The van der Waals surface area contributed by atoms with Gasteiger partial charge in [-0.25, -0.2) is 0 Å². The van der Waals surface area contributed by atoms with Crippen molar-refractivity contribution in [3.8, 4) is 23.8 Å². The lowest BCUT2D eigenvalue weighted by molar-refractivity contribution is -0.136. The van der Waals surface area contributed by atoms with E-state index in [1.54, 1.807) is 48.6 Å². The highest BCUT2D eigenvalue weighted by Crippen LogP contribution is 2.36. The maximum atomic E-state index is 13.0. The van der Waals surface area contributed by atoms with E-state index in [1.165, 1.54) is 12.0 Å². The molecule has 1 fully saturated rings. The molecule has 3 rings (SSSR count). The number of rotatable bonds is 7. The number of furan rings is 1. The summed E-state index contributed by atoms with van der Waals surface area (Å²) >= 11 is 0. The minimum absolute atomic E-state index is 0.110. The van der Waals surface area contributed by atoms with E-state index in [2.05, 4.69) is 5.92 Å². The van der Waals surface area contributed by atoms with Crippen LogP contribution in [0.5, 0.6) is 11.5 Å². The molecule has 0 aliphatic carbocycles. The van der Waals surface area contributed by atoms with Gasteiger partial charge in [0.1, 0.15) is 17.3 Å². The van der Waals surface area contributed by atoms with Crippen molar-refractivity contribution in [2.45, 2.75) is 13.0 Å². The van der Waals surface area contributed by atoms with E-state index >= 15 is 0 Å². The summed E-state index contributed by atoms with van der Waals surface area (Å²) in [7, 11) is 3.09. The number of carbonyl (C=O) groups excluding carboxylic acids is 2. The van der Waals surface area contributed by atoms with E-state index in [1.807, 2.05) is 0 Å². The van der Waals surface area contributed by atoms with Gasteiger partial charge in [-0.2, -0.15) is 0 Å². The molecular weight excluding hydrogens is 360 g/mol. The zero-order valence-corrected chi connectivity index (χ0v) is 15.9. The largest absolute Gasteiger partial charge is 0.497 e. The molecule has 7 nitrogen and oxygen atoms in total. The summed E-state index contributed by atoms with van der Waals surface area (Å²) < 4.78 is 15.9. The highest BCUT2D eigenvalue weighted by atomic mass is 16.5. The SMILES string of the molecule is C#CCN(Cc1ccco1)C(=O)C1CC(=O)N(c2cc(OC)ccc2OC)C1. The van der Waals surface area contributed by atoms with E-state index in [4.69, 9.17) is 20.3 Å². The van der Waals surface area contributed by atoms with Crippen LogP contribution in [0.4, 0.5) is 5.69 Å². The second-order valence-electron chi connectivity index (χ2n) is 6.42. The first-order chi connectivity index (χ1) is 13.6. The Labute approximate surface area is 163 Å². The van der Waals surface area contributed by atoms with Gasteiger partial charge >= 0.3 is 0 Å². The lowest BCUT2D eigenvalue weighted by Crippen LogP contribution is -2.37. The van der Waals surface area contributed by atoms with Crippen molar-refractivity contribution < 1.29 is 23.5 Å². The van der Waals surface area contributed by atoms with Crippen molar-refractivity contribution in [2.24, 2.45) is 5.92 Å². The topological polar surface area (TPSA) is 72.2 Å². The van der Waals surface area contributed by atoms with Crippen LogP contribution in [0, 0.1) is 18.3 Å².